The van der Waals surface area contributed by atoms with E-state index in [9.17, 15) is 14.4 Å². The maximum absolute atomic E-state index is 12.9. The van der Waals surface area contributed by atoms with Gasteiger partial charge in [-0.25, -0.2) is 0 Å². The standard InChI is InChI=1S/C22H23N3O3/c1-13-8-15(13)10-20(26)16-9-18(21(27)23-2)22(28)25(12-16)11-14-4-3-5-19-17(14)6-7-24-19/h3-7,9,12-13,15,24H,8,10-11H2,1-2H3,(H,23,27)/t13-,15+/m1/s1. The monoisotopic (exact) mass is 377 g/mol. The molecule has 1 aromatic carbocycles. The van der Waals surface area contributed by atoms with Crippen LogP contribution >= 0.6 is 0 Å². The van der Waals surface area contributed by atoms with Crippen molar-refractivity contribution in [2.75, 3.05) is 7.05 Å². The zero-order valence-corrected chi connectivity index (χ0v) is 16.0. The molecule has 1 aliphatic rings. The number of H-pyrrole nitrogens is 1. The Labute approximate surface area is 162 Å². The van der Waals surface area contributed by atoms with Crippen LogP contribution in [-0.4, -0.2) is 28.3 Å². The number of nitrogens with zero attached hydrogens (tertiary/aromatic N) is 1. The lowest BCUT2D eigenvalue weighted by Crippen LogP contribution is -2.32. The number of ketones is 1. The van der Waals surface area contributed by atoms with Gasteiger partial charge in [0.05, 0.1) is 6.54 Å². The van der Waals surface area contributed by atoms with Crippen LogP contribution in [0, 0.1) is 11.8 Å². The lowest BCUT2D eigenvalue weighted by atomic mass is 10.0. The van der Waals surface area contributed by atoms with Crippen molar-refractivity contribution < 1.29 is 9.59 Å². The fourth-order valence-electron chi connectivity index (χ4n) is 3.71. The molecule has 1 amide bonds. The second-order valence-electron chi connectivity index (χ2n) is 7.61. The summed E-state index contributed by atoms with van der Waals surface area (Å²) in [5.41, 5.74) is 1.94. The van der Waals surface area contributed by atoms with Crippen LogP contribution in [0.3, 0.4) is 0 Å². The van der Waals surface area contributed by atoms with E-state index in [2.05, 4.69) is 17.2 Å². The van der Waals surface area contributed by atoms with Crippen LogP contribution in [0.25, 0.3) is 10.9 Å². The summed E-state index contributed by atoms with van der Waals surface area (Å²) < 4.78 is 1.47. The van der Waals surface area contributed by atoms with Crippen LogP contribution < -0.4 is 10.9 Å². The third kappa shape index (κ3) is 3.38. The van der Waals surface area contributed by atoms with Gasteiger partial charge in [-0.1, -0.05) is 19.1 Å². The molecule has 0 radical (unpaired) electrons. The fraction of sp³-hybridized carbons (Fsp3) is 0.318. The van der Waals surface area contributed by atoms with Gasteiger partial charge in [-0.15, -0.1) is 0 Å². The molecule has 2 aromatic heterocycles. The Morgan fingerprint density at radius 2 is 2.07 bits per heavy atom. The number of Topliss-reactive ketones (excluding diaryl/α,β-unsaturated/α-hetero) is 1. The molecule has 0 bridgehead atoms. The molecule has 0 aliphatic heterocycles. The highest BCUT2D eigenvalue weighted by molar-refractivity contribution is 6.00. The van der Waals surface area contributed by atoms with E-state index in [1.165, 1.54) is 17.7 Å². The number of carbonyl (C=O) groups excluding carboxylic acids is 2. The Kier molecular flexibility index (Phi) is 4.63. The smallest absolute Gasteiger partial charge is 0.263 e. The number of nitrogens with one attached hydrogen (secondary N) is 2. The van der Waals surface area contributed by atoms with Gasteiger partial charge in [0.15, 0.2) is 5.78 Å². The van der Waals surface area contributed by atoms with Gasteiger partial charge in [-0.05, 0) is 42.0 Å². The summed E-state index contributed by atoms with van der Waals surface area (Å²) in [6, 6.07) is 9.22. The first-order valence-electron chi connectivity index (χ1n) is 9.52. The Morgan fingerprint density at radius 3 is 2.79 bits per heavy atom. The number of benzene rings is 1. The molecule has 1 aliphatic carbocycles. The first-order chi connectivity index (χ1) is 13.5. The first-order valence-corrected chi connectivity index (χ1v) is 9.52. The van der Waals surface area contributed by atoms with E-state index in [1.807, 2.05) is 30.5 Å². The SMILES string of the molecule is CNC(=O)c1cc(C(=O)C[C@@H]2C[C@H]2C)cn(Cc2cccc3[nH]ccc23)c1=O. The van der Waals surface area contributed by atoms with Crippen LogP contribution in [0.2, 0.25) is 0 Å². The Bertz CT molecular complexity index is 1130. The van der Waals surface area contributed by atoms with E-state index in [0.29, 0.717) is 30.4 Å². The number of hydrogen-bond donors (Lipinski definition) is 2. The average molecular weight is 377 g/mol. The predicted octanol–water partition coefficient (Wildman–Crippen LogP) is 2.97. The third-order valence-corrected chi connectivity index (χ3v) is 5.63. The minimum absolute atomic E-state index is 0.00145. The van der Waals surface area contributed by atoms with Crippen molar-refractivity contribution in [1.29, 1.82) is 0 Å². The number of aromatic nitrogens is 2. The van der Waals surface area contributed by atoms with Crippen LogP contribution in [-0.2, 0) is 6.54 Å². The van der Waals surface area contributed by atoms with Gasteiger partial charge in [-0.3, -0.25) is 14.4 Å². The molecule has 144 valence electrons. The summed E-state index contributed by atoms with van der Waals surface area (Å²) in [7, 11) is 1.48. The topological polar surface area (TPSA) is 84.0 Å². The summed E-state index contributed by atoms with van der Waals surface area (Å²) in [5.74, 6) is 0.477. The molecular weight excluding hydrogens is 354 g/mol. The minimum Gasteiger partial charge on any atom is -0.361 e. The Balaban J connectivity index is 1.75. The second-order valence-corrected chi connectivity index (χ2v) is 7.61. The Hall–Kier alpha value is -3.15. The van der Waals surface area contributed by atoms with Crippen molar-refractivity contribution in [3.05, 3.63) is 69.8 Å². The van der Waals surface area contributed by atoms with Gasteiger partial charge in [0.2, 0.25) is 0 Å². The van der Waals surface area contributed by atoms with Crippen LogP contribution in [0.1, 0.15) is 46.0 Å². The van der Waals surface area contributed by atoms with Crippen LogP contribution in [0.15, 0.2) is 47.5 Å². The predicted molar refractivity (Wildman–Crippen MR) is 108 cm³/mol. The summed E-state index contributed by atoms with van der Waals surface area (Å²) in [5, 5.41) is 3.51. The molecular formula is C22H23N3O3. The summed E-state index contributed by atoms with van der Waals surface area (Å²) in [6.45, 7) is 2.42. The van der Waals surface area contributed by atoms with E-state index in [4.69, 9.17) is 0 Å². The molecule has 4 rings (SSSR count). The minimum atomic E-state index is -0.479. The number of rotatable bonds is 6. The zero-order chi connectivity index (χ0) is 19.8. The summed E-state index contributed by atoms with van der Waals surface area (Å²) in [6.07, 6.45) is 4.96. The molecule has 2 heterocycles. The lowest BCUT2D eigenvalue weighted by molar-refractivity contribution is 0.0961. The van der Waals surface area contributed by atoms with Crippen molar-refractivity contribution in [3.8, 4) is 0 Å². The normalized spacial score (nSPS) is 18.2. The first kappa shape index (κ1) is 18.2. The van der Waals surface area contributed by atoms with Crippen molar-refractivity contribution in [2.45, 2.75) is 26.3 Å². The van der Waals surface area contributed by atoms with E-state index in [0.717, 1.165) is 22.9 Å². The summed E-state index contributed by atoms with van der Waals surface area (Å²) in [4.78, 5) is 41.0. The number of pyridine rings is 1. The highest BCUT2D eigenvalue weighted by Crippen LogP contribution is 2.41. The fourth-order valence-corrected chi connectivity index (χ4v) is 3.71. The maximum Gasteiger partial charge on any atom is 0.263 e. The third-order valence-electron chi connectivity index (χ3n) is 5.63. The maximum atomic E-state index is 12.9. The van der Waals surface area contributed by atoms with Crippen LogP contribution in [0.4, 0.5) is 0 Å². The number of fused-ring (bicyclic) bond motifs is 1. The van der Waals surface area contributed by atoms with Gasteiger partial charge >= 0.3 is 0 Å². The molecule has 0 saturated heterocycles. The quantitative estimate of drug-likeness (QED) is 0.648. The molecule has 28 heavy (non-hydrogen) atoms. The van der Waals surface area contributed by atoms with E-state index in [1.54, 1.807) is 6.20 Å². The van der Waals surface area contributed by atoms with Crippen molar-refractivity contribution >= 4 is 22.6 Å². The van der Waals surface area contributed by atoms with Crippen molar-refractivity contribution in [2.24, 2.45) is 11.8 Å². The van der Waals surface area contributed by atoms with Gasteiger partial charge in [-0.2, -0.15) is 0 Å². The van der Waals surface area contributed by atoms with Gasteiger partial charge in [0.1, 0.15) is 5.56 Å². The van der Waals surface area contributed by atoms with Gasteiger partial charge < -0.3 is 14.9 Å². The highest BCUT2D eigenvalue weighted by atomic mass is 16.2. The van der Waals surface area contributed by atoms with E-state index < -0.39 is 11.5 Å². The molecule has 1 fully saturated rings. The largest absolute Gasteiger partial charge is 0.361 e. The van der Waals surface area contributed by atoms with E-state index in [-0.39, 0.29) is 11.3 Å². The molecule has 6 heteroatoms. The molecule has 2 N–H and O–H groups in total. The molecule has 6 nitrogen and oxygen atoms in total. The molecule has 3 aromatic rings. The number of aromatic amines is 1. The number of amides is 1. The van der Waals surface area contributed by atoms with Crippen molar-refractivity contribution in [1.82, 2.24) is 14.9 Å². The highest BCUT2D eigenvalue weighted by Gasteiger charge is 2.34. The zero-order valence-electron chi connectivity index (χ0n) is 16.0. The molecule has 0 spiro atoms. The summed E-state index contributed by atoms with van der Waals surface area (Å²) >= 11 is 0. The Morgan fingerprint density at radius 1 is 1.29 bits per heavy atom. The molecule has 1 saturated carbocycles. The van der Waals surface area contributed by atoms with Gasteiger partial charge in [0, 0.05) is 42.3 Å². The van der Waals surface area contributed by atoms with Gasteiger partial charge in [0.25, 0.3) is 11.5 Å². The number of carbonyl (C=O) groups is 2. The van der Waals surface area contributed by atoms with Crippen molar-refractivity contribution in [3.63, 3.8) is 0 Å². The molecule has 0 unspecified atom stereocenters. The average Bonchev–Trinajstić information content (AvgIpc) is 3.17. The lowest BCUT2D eigenvalue weighted by Gasteiger charge is -2.12. The van der Waals surface area contributed by atoms with Crippen LogP contribution in [0.5, 0.6) is 0 Å². The second kappa shape index (κ2) is 7.11. The number of hydrogen-bond acceptors (Lipinski definition) is 3. The molecule has 2 atom stereocenters. The van der Waals surface area contributed by atoms with E-state index >= 15 is 0 Å².